The molecule has 0 saturated carbocycles. The highest BCUT2D eigenvalue weighted by molar-refractivity contribution is 6.12. The van der Waals surface area contributed by atoms with Crippen LogP contribution < -0.4 is 9.47 Å². The van der Waals surface area contributed by atoms with Crippen molar-refractivity contribution in [3.63, 3.8) is 0 Å². The highest BCUT2D eigenvalue weighted by Gasteiger charge is 2.24. The third-order valence-electron chi connectivity index (χ3n) is 5.35. The number of ketones is 1. The second-order valence-electron chi connectivity index (χ2n) is 7.98. The molecule has 0 aliphatic heterocycles. The molecule has 0 N–H and O–H groups in total. The van der Waals surface area contributed by atoms with Crippen LogP contribution in [0, 0.1) is 0 Å². The molecular weight excluding hydrogens is 408 g/mol. The van der Waals surface area contributed by atoms with Gasteiger partial charge in [-0.25, -0.2) is 0 Å². The van der Waals surface area contributed by atoms with E-state index in [0.717, 1.165) is 38.5 Å². The summed E-state index contributed by atoms with van der Waals surface area (Å²) in [4.78, 5) is 37.0. The van der Waals surface area contributed by atoms with Crippen molar-refractivity contribution < 1.29 is 28.3 Å². The summed E-state index contributed by atoms with van der Waals surface area (Å²) < 4.78 is 17.3. The molecule has 0 unspecified atom stereocenters. The standard InChI is InChI=1S/C26H30O6/c1-4-6-8-14-22(28)31-24-18-12-10-11-13-19(18)25(32-23(29)15-9-7-5-2)26-20(24)16-21(30-26)17(3)27/h10-13,16H,4-9,14-15H2,1-3H3. The Bertz CT molecular complexity index is 1040. The van der Waals surface area contributed by atoms with E-state index in [2.05, 4.69) is 13.8 Å². The van der Waals surface area contributed by atoms with Gasteiger partial charge in [0, 0.05) is 30.5 Å². The maximum atomic E-state index is 12.5. The highest BCUT2D eigenvalue weighted by atomic mass is 16.5. The maximum Gasteiger partial charge on any atom is 0.311 e. The van der Waals surface area contributed by atoms with Crippen LogP contribution in [0.3, 0.4) is 0 Å². The number of rotatable bonds is 11. The van der Waals surface area contributed by atoms with Gasteiger partial charge in [0.2, 0.25) is 0 Å². The van der Waals surface area contributed by atoms with E-state index < -0.39 is 0 Å². The Morgan fingerprint density at radius 1 is 0.781 bits per heavy atom. The molecule has 0 amide bonds. The zero-order valence-corrected chi connectivity index (χ0v) is 19.0. The van der Waals surface area contributed by atoms with Gasteiger partial charge in [0.25, 0.3) is 0 Å². The molecule has 6 heteroatoms. The van der Waals surface area contributed by atoms with Crippen LogP contribution in [0.1, 0.15) is 82.7 Å². The molecule has 0 spiro atoms. The number of carbonyl (C=O) groups excluding carboxylic acids is 3. The lowest BCUT2D eigenvalue weighted by Gasteiger charge is -2.13. The predicted octanol–water partition coefficient (Wildman–Crippen LogP) is 6.76. The number of hydrogen-bond donors (Lipinski definition) is 0. The van der Waals surface area contributed by atoms with Gasteiger partial charge in [0.1, 0.15) is 5.75 Å². The van der Waals surface area contributed by atoms with Crippen LogP contribution in [-0.2, 0) is 9.59 Å². The van der Waals surface area contributed by atoms with E-state index >= 15 is 0 Å². The van der Waals surface area contributed by atoms with Crippen LogP contribution in [0.25, 0.3) is 21.7 Å². The van der Waals surface area contributed by atoms with Crippen LogP contribution in [0.2, 0.25) is 0 Å². The summed E-state index contributed by atoms with van der Waals surface area (Å²) in [6.45, 7) is 5.53. The summed E-state index contributed by atoms with van der Waals surface area (Å²) in [5.41, 5.74) is 0.231. The summed E-state index contributed by atoms with van der Waals surface area (Å²) in [6.07, 6.45) is 5.95. The minimum atomic E-state index is -0.366. The van der Waals surface area contributed by atoms with Gasteiger partial charge in [-0.2, -0.15) is 0 Å². The Morgan fingerprint density at radius 2 is 1.31 bits per heavy atom. The van der Waals surface area contributed by atoms with Crippen molar-refractivity contribution in [2.24, 2.45) is 0 Å². The first kappa shape index (κ1) is 23.5. The Hall–Kier alpha value is -3.15. The molecule has 32 heavy (non-hydrogen) atoms. The first-order chi connectivity index (χ1) is 15.5. The summed E-state index contributed by atoms with van der Waals surface area (Å²) in [6, 6.07) is 8.77. The van der Waals surface area contributed by atoms with Crippen LogP contribution in [-0.4, -0.2) is 17.7 Å². The second kappa shape index (κ2) is 10.9. The number of ether oxygens (including phenoxy) is 2. The van der Waals surface area contributed by atoms with Gasteiger partial charge in [-0.1, -0.05) is 63.8 Å². The molecule has 2 aromatic carbocycles. The Morgan fingerprint density at radius 3 is 1.84 bits per heavy atom. The minimum Gasteiger partial charge on any atom is -0.449 e. The normalized spacial score (nSPS) is 11.1. The fourth-order valence-electron chi connectivity index (χ4n) is 3.63. The molecule has 170 valence electrons. The molecule has 1 heterocycles. The monoisotopic (exact) mass is 438 g/mol. The molecule has 6 nitrogen and oxygen atoms in total. The number of unbranched alkanes of at least 4 members (excludes halogenated alkanes) is 4. The SMILES string of the molecule is CCCCCC(=O)Oc1c2ccccc2c(OC(=O)CCCCC)c2oc(C(C)=O)cc12. The number of esters is 2. The van der Waals surface area contributed by atoms with E-state index in [1.807, 2.05) is 12.1 Å². The Kier molecular flexibility index (Phi) is 8.03. The van der Waals surface area contributed by atoms with E-state index in [9.17, 15) is 14.4 Å². The number of fused-ring (bicyclic) bond motifs is 2. The van der Waals surface area contributed by atoms with Crippen LogP contribution >= 0.6 is 0 Å². The number of carbonyl (C=O) groups is 3. The molecule has 0 fully saturated rings. The van der Waals surface area contributed by atoms with Gasteiger partial charge in [0.15, 0.2) is 22.9 Å². The van der Waals surface area contributed by atoms with E-state index in [1.165, 1.54) is 6.92 Å². The lowest BCUT2D eigenvalue weighted by Crippen LogP contribution is -2.10. The van der Waals surface area contributed by atoms with E-state index in [4.69, 9.17) is 13.9 Å². The van der Waals surface area contributed by atoms with Crippen molar-refractivity contribution in [1.29, 1.82) is 0 Å². The number of hydrogen-bond acceptors (Lipinski definition) is 6. The van der Waals surface area contributed by atoms with E-state index in [1.54, 1.807) is 18.2 Å². The third-order valence-corrected chi connectivity index (χ3v) is 5.35. The lowest BCUT2D eigenvalue weighted by molar-refractivity contribution is -0.135. The van der Waals surface area contributed by atoms with Gasteiger partial charge in [-0.3, -0.25) is 14.4 Å². The van der Waals surface area contributed by atoms with Crippen molar-refractivity contribution in [2.75, 3.05) is 0 Å². The van der Waals surface area contributed by atoms with Crippen LogP contribution in [0.5, 0.6) is 11.5 Å². The average molecular weight is 439 g/mol. The molecule has 0 radical (unpaired) electrons. The molecule has 3 aromatic rings. The minimum absolute atomic E-state index is 0.113. The third kappa shape index (κ3) is 5.36. The van der Waals surface area contributed by atoms with Crippen LogP contribution in [0.4, 0.5) is 0 Å². The average Bonchev–Trinajstić information content (AvgIpc) is 3.22. The molecule has 1 aromatic heterocycles. The number of furan rings is 1. The van der Waals surface area contributed by atoms with Crippen molar-refractivity contribution in [3.8, 4) is 11.5 Å². The van der Waals surface area contributed by atoms with Crippen molar-refractivity contribution in [2.45, 2.75) is 72.1 Å². The molecule has 0 bridgehead atoms. The summed E-state index contributed by atoms with van der Waals surface area (Å²) >= 11 is 0. The number of benzene rings is 2. The van der Waals surface area contributed by atoms with E-state index in [0.29, 0.717) is 28.3 Å². The largest absolute Gasteiger partial charge is 0.449 e. The highest BCUT2D eigenvalue weighted by Crippen LogP contribution is 2.44. The van der Waals surface area contributed by atoms with Gasteiger partial charge < -0.3 is 13.9 Å². The predicted molar refractivity (Wildman–Crippen MR) is 123 cm³/mol. The maximum absolute atomic E-state index is 12.5. The van der Waals surface area contributed by atoms with Gasteiger partial charge in [0.05, 0.1) is 5.39 Å². The first-order valence-corrected chi connectivity index (χ1v) is 11.4. The molecule has 3 rings (SSSR count). The molecule has 0 aliphatic rings. The second-order valence-corrected chi connectivity index (χ2v) is 7.98. The summed E-state index contributed by atoms with van der Waals surface area (Å²) in [5, 5.41) is 1.65. The van der Waals surface area contributed by atoms with Crippen LogP contribution in [0.15, 0.2) is 34.7 Å². The Labute approximate surface area is 187 Å². The fourth-order valence-corrected chi connectivity index (χ4v) is 3.63. The lowest BCUT2D eigenvalue weighted by atomic mass is 10.0. The topological polar surface area (TPSA) is 82.8 Å². The smallest absolute Gasteiger partial charge is 0.311 e. The summed E-state index contributed by atoms with van der Waals surface area (Å²) in [7, 11) is 0. The van der Waals surface area contributed by atoms with Crippen molar-refractivity contribution >= 4 is 39.5 Å². The summed E-state index contributed by atoms with van der Waals surface area (Å²) in [5.74, 6) is -0.308. The fraction of sp³-hybridized carbons (Fsp3) is 0.423. The van der Waals surface area contributed by atoms with E-state index in [-0.39, 0.29) is 41.2 Å². The quantitative estimate of drug-likeness (QED) is 0.142. The van der Waals surface area contributed by atoms with Gasteiger partial charge in [-0.15, -0.1) is 0 Å². The van der Waals surface area contributed by atoms with Gasteiger partial charge in [-0.05, 0) is 18.9 Å². The Balaban J connectivity index is 2.10. The van der Waals surface area contributed by atoms with Crippen molar-refractivity contribution in [3.05, 3.63) is 36.1 Å². The zero-order chi connectivity index (χ0) is 23.1. The molecular formula is C26H30O6. The first-order valence-electron chi connectivity index (χ1n) is 11.4. The molecule has 0 atom stereocenters. The van der Waals surface area contributed by atoms with Gasteiger partial charge >= 0.3 is 11.9 Å². The number of Topliss-reactive ketones (excluding diaryl/α,β-unsaturated/α-hetero) is 1. The zero-order valence-electron chi connectivity index (χ0n) is 19.0. The molecule has 0 aliphatic carbocycles. The molecule has 0 saturated heterocycles. The van der Waals surface area contributed by atoms with Crippen molar-refractivity contribution in [1.82, 2.24) is 0 Å².